The number of anilines is 3. The van der Waals surface area contributed by atoms with Crippen LogP contribution in [0.3, 0.4) is 0 Å². The average molecular weight is 856 g/mol. The number of hydrogen-bond donors (Lipinski definition) is 0. The first kappa shape index (κ1) is 37.3. The smallest absolute Gasteiger partial charge is 0.0726 e. The van der Waals surface area contributed by atoms with Gasteiger partial charge in [0.05, 0.1) is 16.5 Å². The van der Waals surface area contributed by atoms with Gasteiger partial charge in [0.15, 0.2) is 0 Å². The first-order valence-electron chi connectivity index (χ1n) is 22.9. The Kier molecular flexibility index (Phi) is 7.91. The van der Waals surface area contributed by atoms with Crippen LogP contribution in [0.25, 0.3) is 64.7 Å². The number of rotatable bonds is 6. The van der Waals surface area contributed by atoms with Gasteiger partial charge in [-0.1, -0.05) is 188 Å². The molecule has 0 amide bonds. The van der Waals surface area contributed by atoms with Crippen molar-refractivity contribution in [3.05, 3.63) is 282 Å². The first-order valence-corrected chi connectivity index (χ1v) is 23.7. The molecule has 14 rings (SSSR count). The summed E-state index contributed by atoms with van der Waals surface area (Å²) in [5.41, 5.74) is 21.5. The molecule has 1 atom stereocenters. The lowest BCUT2D eigenvalue weighted by Gasteiger charge is -2.33. The molecule has 3 aliphatic rings. The number of benzene rings is 10. The van der Waals surface area contributed by atoms with Gasteiger partial charge in [0.2, 0.25) is 0 Å². The lowest BCUT2D eigenvalue weighted by atomic mass is 9.70. The van der Waals surface area contributed by atoms with E-state index in [1.54, 1.807) is 0 Å². The third kappa shape index (κ3) is 4.89. The van der Waals surface area contributed by atoms with Gasteiger partial charge in [-0.2, -0.15) is 0 Å². The van der Waals surface area contributed by atoms with E-state index < -0.39 is 10.8 Å². The molecule has 1 aromatic heterocycles. The van der Waals surface area contributed by atoms with Crippen molar-refractivity contribution in [3.63, 3.8) is 0 Å². The molecule has 11 aromatic rings. The fourth-order valence-electron chi connectivity index (χ4n) is 12.2. The molecule has 0 aliphatic heterocycles. The Morgan fingerprint density at radius 1 is 0.379 bits per heavy atom. The molecule has 1 nitrogen and oxygen atoms in total. The molecule has 3 aliphatic carbocycles. The van der Waals surface area contributed by atoms with E-state index >= 15 is 0 Å². The van der Waals surface area contributed by atoms with Crippen LogP contribution in [-0.2, 0) is 10.8 Å². The Bertz CT molecular complexity index is 3750. The lowest BCUT2D eigenvalue weighted by molar-refractivity contribution is 0.793. The second-order valence-electron chi connectivity index (χ2n) is 17.9. The zero-order valence-corrected chi connectivity index (χ0v) is 36.9. The highest BCUT2D eigenvalue weighted by Gasteiger charge is 2.52. The molecule has 0 bridgehead atoms. The fraction of sp³-hybridized carbons (Fsp3) is 0.0312. The van der Waals surface area contributed by atoms with Gasteiger partial charge < -0.3 is 4.90 Å². The number of nitrogens with zero attached hydrogens (tertiary/aromatic N) is 1. The summed E-state index contributed by atoms with van der Waals surface area (Å²) in [7, 11) is 0. The van der Waals surface area contributed by atoms with Crippen molar-refractivity contribution < 1.29 is 0 Å². The summed E-state index contributed by atoms with van der Waals surface area (Å²) < 4.78 is 2.64. The third-order valence-corrected chi connectivity index (χ3v) is 16.1. The molecule has 10 aromatic carbocycles. The zero-order valence-electron chi connectivity index (χ0n) is 36.1. The standard InChI is InChI=1S/C64H41NS/c1-2-63(43-17-4-3-5-18-43)53-24-11-6-19-46(53)49-37-36-45(40-58(49)63)65(44-34-31-41(32-35-44)42-33-38-61-52(39-42)50-22-10-15-30-60(50)66-61)59-29-16-28-57-62(59)51-23-9-14-27-56(51)64(57)54-25-12-7-20-47(54)48-21-8-13-26-55(48)64/h2-40H,1H2. The van der Waals surface area contributed by atoms with Crippen molar-refractivity contribution in [2.45, 2.75) is 10.8 Å². The van der Waals surface area contributed by atoms with Gasteiger partial charge in [0.1, 0.15) is 0 Å². The molecule has 2 heteroatoms. The molecular weight excluding hydrogens is 815 g/mol. The van der Waals surface area contributed by atoms with Crippen LogP contribution < -0.4 is 4.90 Å². The van der Waals surface area contributed by atoms with E-state index in [-0.39, 0.29) is 0 Å². The molecule has 0 N–H and O–H groups in total. The summed E-state index contributed by atoms with van der Waals surface area (Å²) in [5.74, 6) is 0. The van der Waals surface area contributed by atoms with E-state index in [4.69, 9.17) is 0 Å². The normalized spacial score (nSPS) is 15.5. The first-order chi connectivity index (χ1) is 32.7. The molecule has 0 saturated carbocycles. The van der Waals surface area contributed by atoms with E-state index in [0.717, 1.165) is 17.1 Å². The van der Waals surface area contributed by atoms with Crippen LogP contribution in [0.1, 0.15) is 38.9 Å². The summed E-state index contributed by atoms with van der Waals surface area (Å²) in [5, 5.41) is 2.63. The lowest BCUT2D eigenvalue weighted by Crippen LogP contribution is -2.26. The highest BCUT2D eigenvalue weighted by Crippen LogP contribution is 2.65. The maximum atomic E-state index is 4.59. The second kappa shape index (κ2) is 14.0. The minimum atomic E-state index is -0.532. The Labute approximate surface area is 388 Å². The Morgan fingerprint density at radius 3 is 1.65 bits per heavy atom. The summed E-state index contributed by atoms with van der Waals surface area (Å²) >= 11 is 1.86. The predicted octanol–water partition coefficient (Wildman–Crippen LogP) is 17.0. The van der Waals surface area contributed by atoms with Crippen LogP contribution in [0.4, 0.5) is 17.1 Å². The van der Waals surface area contributed by atoms with Crippen LogP contribution in [0.2, 0.25) is 0 Å². The van der Waals surface area contributed by atoms with E-state index in [2.05, 4.69) is 248 Å². The van der Waals surface area contributed by atoms with Gasteiger partial charge in [0.25, 0.3) is 0 Å². The van der Waals surface area contributed by atoms with Crippen molar-refractivity contribution >= 4 is 48.6 Å². The van der Waals surface area contributed by atoms with Gasteiger partial charge in [0, 0.05) is 37.1 Å². The minimum absolute atomic E-state index is 0.458. The van der Waals surface area contributed by atoms with Crippen LogP contribution in [0, 0.1) is 0 Å². The third-order valence-electron chi connectivity index (χ3n) is 14.9. The van der Waals surface area contributed by atoms with E-state index in [1.807, 2.05) is 11.3 Å². The van der Waals surface area contributed by atoms with Gasteiger partial charge in [-0.15, -0.1) is 17.9 Å². The minimum Gasteiger partial charge on any atom is -0.310 e. The number of hydrogen-bond acceptors (Lipinski definition) is 2. The van der Waals surface area contributed by atoms with Crippen LogP contribution in [-0.4, -0.2) is 0 Å². The summed E-state index contributed by atoms with van der Waals surface area (Å²) in [6.07, 6.45) is 2.17. The largest absolute Gasteiger partial charge is 0.310 e. The molecule has 1 spiro atoms. The molecule has 0 fully saturated rings. The van der Waals surface area contributed by atoms with Crippen molar-refractivity contribution in [3.8, 4) is 44.5 Å². The maximum absolute atomic E-state index is 4.59. The monoisotopic (exact) mass is 855 g/mol. The van der Waals surface area contributed by atoms with Gasteiger partial charge in [-0.3, -0.25) is 0 Å². The van der Waals surface area contributed by atoms with E-state index in [9.17, 15) is 0 Å². The Hall–Kier alpha value is -8.04. The van der Waals surface area contributed by atoms with Crippen LogP contribution in [0.5, 0.6) is 0 Å². The Morgan fingerprint density at radius 2 is 0.924 bits per heavy atom. The molecule has 66 heavy (non-hydrogen) atoms. The zero-order chi connectivity index (χ0) is 43.6. The molecule has 308 valence electrons. The average Bonchev–Trinajstić information content (AvgIpc) is 4.09. The predicted molar refractivity (Wildman–Crippen MR) is 278 cm³/mol. The SMILES string of the molecule is C=CC1(c2ccccc2)c2ccccc2-c2ccc(N(c3ccc(-c4ccc5sc6ccccc6c5c4)cc3)c3cccc4c3-c3ccccc3C43c4ccccc4-c4ccccc43)cc21. The quantitative estimate of drug-likeness (QED) is 0.151. The van der Waals surface area contributed by atoms with Crippen molar-refractivity contribution in [1.29, 1.82) is 0 Å². The number of thiophene rings is 1. The Balaban J connectivity index is 1.02. The van der Waals surface area contributed by atoms with Crippen molar-refractivity contribution in [1.82, 2.24) is 0 Å². The maximum Gasteiger partial charge on any atom is 0.0726 e. The van der Waals surface area contributed by atoms with E-state index in [1.165, 1.54) is 104 Å². The van der Waals surface area contributed by atoms with Gasteiger partial charge >= 0.3 is 0 Å². The topological polar surface area (TPSA) is 3.24 Å². The van der Waals surface area contributed by atoms with Crippen LogP contribution >= 0.6 is 11.3 Å². The van der Waals surface area contributed by atoms with Crippen molar-refractivity contribution in [2.75, 3.05) is 4.90 Å². The molecular formula is C64H41NS. The van der Waals surface area contributed by atoms with Gasteiger partial charge in [-0.25, -0.2) is 0 Å². The summed E-state index contributed by atoms with van der Waals surface area (Å²) in [6, 6.07) is 86.2. The van der Waals surface area contributed by atoms with Crippen LogP contribution in [0.15, 0.2) is 243 Å². The number of allylic oxidation sites excluding steroid dienone is 1. The summed E-state index contributed by atoms with van der Waals surface area (Å²) in [6.45, 7) is 4.59. The molecule has 0 radical (unpaired) electrons. The number of fused-ring (bicyclic) bond motifs is 16. The van der Waals surface area contributed by atoms with E-state index in [0.29, 0.717) is 0 Å². The highest BCUT2D eigenvalue weighted by molar-refractivity contribution is 7.25. The molecule has 1 unspecified atom stereocenters. The van der Waals surface area contributed by atoms with Crippen molar-refractivity contribution in [2.24, 2.45) is 0 Å². The molecule has 0 saturated heterocycles. The highest BCUT2D eigenvalue weighted by atomic mass is 32.1. The van der Waals surface area contributed by atoms with Gasteiger partial charge in [-0.05, 0) is 126 Å². The summed E-state index contributed by atoms with van der Waals surface area (Å²) in [4.78, 5) is 2.52. The second-order valence-corrected chi connectivity index (χ2v) is 19.0. The molecule has 1 heterocycles. The fourth-order valence-corrected chi connectivity index (χ4v) is 13.3.